The quantitative estimate of drug-likeness (QED) is 0.909. The number of carbonyl (C=O) groups excluding carboxylic acids is 1. The summed E-state index contributed by atoms with van der Waals surface area (Å²) in [5, 5.41) is 5.58. The Balaban J connectivity index is 1.66. The lowest BCUT2D eigenvalue weighted by molar-refractivity contribution is 0.262. The summed E-state index contributed by atoms with van der Waals surface area (Å²) in [5.74, 6) is 1.59. The van der Waals surface area contributed by atoms with E-state index in [1.807, 2.05) is 30.3 Å². The normalized spacial score (nSPS) is 12.2. The number of fused-ring (bicyclic) bond motifs is 1. The molecule has 0 spiro atoms. The van der Waals surface area contributed by atoms with Crippen LogP contribution in [0.2, 0.25) is 0 Å². The van der Waals surface area contributed by atoms with Gasteiger partial charge in [0, 0.05) is 23.9 Å². The summed E-state index contributed by atoms with van der Waals surface area (Å²) in [5.41, 5.74) is 2.55. The molecule has 2 aromatic rings. The van der Waals surface area contributed by atoms with Crippen molar-refractivity contribution in [2.24, 2.45) is 0 Å². The predicted octanol–water partition coefficient (Wildman–Crippen LogP) is 3.27. The third-order valence-electron chi connectivity index (χ3n) is 3.27. The van der Waals surface area contributed by atoms with Gasteiger partial charge in [-0.25, -0.2) is 4.79 Å². The SMILES string of the molecule is COc1cccc(NC(=O)Nc2ccc3c(c2)CCO3)c1. The first-order valence-electron chi connectivity index (χ1n) is 6.72. The topological polar surface area (TPSA) is 59.6 Å². The Labute approximate surface area is 122 Å². The van der Waals surface area contributed by atoms with E-state index in [1.54, 1.807) is 19.2 Å². The molecular formula is C16H16N2O3. The van der Waals surface area contributed by atoms with Gasteiger partial charge in [-0.1, -0.05) is 6.07 Å². The predicted molar refractivity (Wildman–Crippen MR) is 81.3 cm³/mol. The third-order valence-corrected chi connectivity index (χ3v) is 3.27. The van der Waals surface area contributed by atoms with Crippen LogP contribution in [-0.2, 0) is 6.42 Å². The minimum Gasteiger partial charge on any atom is -0.497 e. The molecule has 0 radical (unpaired) electrons. The Morgan fingerprint density at radius 2 is 1.95 bits per heavy atom. The summed E-state index contributed by atoms with van der Waals surface area (Å²) in [6.45, 7) is 0.703. The van der Waals surface area contributed by atoms with Gasteiger partial charge in [0.2, 0.25) is 0 Å². The van der Waals surface area contributed by atoms with Crippen LogP contribution in [0.1, 0.15) is 5.56 Å². The molecule has 2 aromatic carbocycles. The van der Waals surface area contributed by atoms with Crippen molar-refractivity contribution in [3.05, 3.63) is 48.0 Å². The van der Waals surface area contributed by atoms with Crippen LogP contribution in [-0.4, -0.2) is 19.7 Å². The van der Waals surface area contributed by atoms with Gasteiger partial charge in [0.1, 0.15) is 11.5 Å². The second-order valence-electron chi connectivity index (χ2n) is 4.73. The van der Waals surface area contributed by atoms with Gasteiger partial charge in [-0.15, -0.1) is 0 Å². The van der Waals surface area contributed by atoms with E-state index >= 15 is 0 Å². The highest BCUT2D eigenvalue weighted by Crippen LogP contribution is 2.28. The lowest BCUT2D eigenvalue weighted by atomic mass is 10.1. The van der Waals surface area contributed by atoms with E-state index in [9.17, 15) is 4.79 Å². The number of ether oxygens (including phenoxy) is 2. The van der Waals surface area contributed by atoms with Crippen molar-refractivity contribution in [2.75, 3.05) is 24.4 Å². The maximum Gasteiger partial charge on any atom is 0.323 e. The minimum atomic E-state index is -0.290. The van der Waals surface area contributed by atoms with Crippen LogP contribution in [0.15, 0.2) is 42.5 Å². The number of anilines is 2. The molecule has 5 heteroatoms. The zero-order valence-corrected chi connectivity index (χ0v) is 11.7. The molecule has 2 N–H and O–H groups in total. The van der Waals surface area contributed by atoms with Crippen molar-refractivity contribution in [3.8, 4) is 11.5 Å². The zero-order valence-electron chi connectivity index (χ0n) is 11.7. The molecule has 0 bridgehead atoms. The van der Waals surface area contributed by atoms with Gasteiger partial charge in [-0.2, -0.15) is 0 Å². The molecule has 0 saturated heterocycles. The minimum absolute atomic E-state index is 0.290. The van der Waals surface area contributed by atoms with Crippen molar-refractivity contribution < 1.29 is 14.3 Å². The van der Waals surface area contributed by atoms with Crippen LogP contribution in [0.5, 0.6) is 11.5 Å². The molecule has 108 valence electrons. The van der Waals surface area contributed by atoms with E-state index in [0.717, 1.165) is 23.4 Å². The van der Waals surface area contributed by atoms with E-state index in [1.165, 1.54) is 0 Å². The largest absolute Gasteiger partial charge is 0.497 e. The van der Waals surface area contributed by atoms with Crippen LogP contribution in [0.3, 0.4) is 0 Å². The van der Waals surface area contributed by atoms with Gasteiger partial charge in [0.25, 0.3) is 0 Å². The molecule has 3 rings (SSSR count). The summed E-state index contributed by atoms with van der Waals surface area (Å²) in [6, 6.07) is 12.6. The fraction of sp³-hybridized carbons (Fsp3) is 0.188. The molecule has 0 aliphatic carbocycles. The summed E-state index contributed by atoms with van der Waals surface area (Å²) < 4.78 is 10.6. The Hall–Kier alpha value is -2.69. The highest BCUT2D eigenvalue weighted by Gasteiger charge is 2.13. The Kier molecular flexibility index (Phi) is 3.64. The lowest BCUT2D eigenvalue weighted by Gasteiger charge is -2.09. The first kappa shape index (κ1) is 13.3. The number of methoxy groups -OCH3 is 1. The van der Waals surface area contributed by atoms with Crippen molar-refractivity contribution in [1.82, 2.24) is 0 Å². The molecule has 1 aliphatic heterocycles. The standard InChI is InChI=1S/C16H16N2O3/c1-20-14-4-2-3-12(10-14)17-16(19)18-13-5-6-15-11(9-13)7-8-21-15/h2-6,9-10H,7-8H2,1H3,(H2,17,18,19). The molecule has 0 unspecified atom stereocenters. The molecule has 2 amide bonds. The summed E-state index contributed by atoms with van der Waals surface area (Å²) >= 11 is 0. The third kappa shape index (κ3) is 3.08. The Morgan fingerprint density at radius 1 is 1.14 bits per heavy atom. The number of benzene rings is 2. The second kappa shape index (κ2) is 5.75. The number of carbonyl (C=O) groups is 1. The molecule has 1 aliphatic rings. The van der Waals surface area contributed by atoms with Gasteiger partial charge in [0.15, 0.2) is 0 Å². The molecule has 21 heavy (non-hydrogen) atoms. The number of amides is 2. The molecule has 0 fully saturated rings. The van der Waals surface area contributed by atoms with Crippen molar-refractivity contribution in [2.45, 2.75) is 6.42 Å². The van der Waals surface area contributed by atoms with Crippen LogP contribution in [0.25, 0.3) is 0 Å². The van der Waals surface area contributed by atoms with Crippen molar-refractivity contribution in [1.29, 1.82) is 0 Å². The highest BCUT2D eigenvalue weighted by molar-refractivity contribution is 5.99. The molecule has 5 nitrogen and oxygen atoms in total. The molecule has 0 saturated carbocycles. The Morgan fingerprint density at radius 3 is 2.76 bits per heavy atom. The van der Waals surface area contributed by atoms with E-state index in [4.69, 9.17) is 9.47 Å². The summed E-state index contributed by atoms with van der Waals surface area (Å²) in [4.78, 5) is 12.0. The van der Waals surface area contributed by atoms with E-state index in [2.05, 4.69) is 10.6 Å². The van der Waals surface area contributed by atoms with Gasteiger partial charge >= 0.3 is 6.03 Å². The molecule has 1 heterocycles. The van der Waals surface area contributed by atoms with Crippen LogP contribution >= 0.6 is 0 Å². The van der Waals surface area contributed by atoms with E-state index in [-0.39, 0.29) is 6.03 Å². The first-order valence-corrected chi connectivity index (χ1v) is 6.72. The van der Waals surface area contributed by atoms with Gasteiger partial charge < -0.3 is 20.1 Å². The molecule has 0 aromatic heterocycles. The summed E-state index contributed by atoms with van der Waals surface area (Å²) in [7, 11) is 1.59. The molecular weight excluding hydrogens is 268 g/mol. The van der Waals surface area contributed by atoms with Gasteiger partial charge in [0.05, 0.1) is 13.7 Å². The number of nitrogens with one attached hydrogen (secondary N) is 2. The monoisotopic (exact) mass is 284 g/mol. The van der Waals surface area contributed by atoms with Gasteiger partial charge in [-0.3, -0.25) is 0 Å². The highest BCUT2D eigenvalue weighted by atomic mass is 16.5. The number of hydrogen-bond donors (Lipinski definition) is 2. The molecule has 0 atom stereocenters. The van der Waals surface area contributed by atoms with Gasteiger partial charge in [-0.05, 0) is 35.9 Å². The average Bonchev–Trinajstić information content (AvgIpc) is 2.95. The fourth-order valence-corrected chi connectivity index (χ4v) is 2.26. The fourth-order valence-electron chi connectivity index (χ4n) is 2.26. The van der Waals surface area contributed by atoms with Crippen molar-refractivity contribution >= 4 is 17.4 Å². The second-order valence-corrected chi connectivity index (χ2v) is 4.73. The average molecular weight is 284 g/mol. The maximum absolute atomic E-state index is 12.0. The van der Waals surface area contributed by atoms with E-state index in [0.29, 0.717) is 18.0 Å². The summed E-state index contributed by atoms with van der Waals surface area (Å²) in [6.07, 6.45) is 0.877. The maximum atomic E-state index is 12.0. The van der Waals surface area contributed by atoms with Crippen LogP contribution in [0, 0.1) is 0 Å². The Bertz CT molecular complexity index is 670. The van der Waals surface area contributed by atoms with Crippen molar-refractivity contribution in [3.63, 3.8) is 0 Å². The zero-order chi connectivity index (χ0) is 14.7. The van der Waals surface area contributed by atoms with Crippen LogP contribution < -0.4 is 20.1 Å². The first-order chi connectivity index (χ1) is 10.2. The van der Waals surface area contributed by atoms with Crippen LogP contribution in [0.4, 0.5) is 16.2 Å². The lowest BCUT2D eigenvalue weighted by Crippen LogP contribution is -2.19. The number of urea groups is 1. The number of rotatable bonds is 3. The number of hydrogen-bond acceptors (Lipinski definition) is 3. The smallest absolute Gasteiger partial charge is 0.323 e. The van der Waals surface area contributed by atoms with E-state index < -0.39 is 0 Å².